The standard InChI is InChI=1S/C42H25N4O2/c1-2-10-25(11-3-1)40-44-41(46-42(45-40)32-16-9-19-36-39(32)31-14-6-7-17-34(31)47-36)30-13-5-4-12-28(30)29-15-8-18-35-38(29)33-22-26-20-21-43-24-27(26)23-37(33)48-35/h1-24,42H/q-1. The lowest BCUT2D eigenvalue weighted by Crippen LogP contribution is -2.16. The van der Waals surface area contributed by atoms with Crippen LogP contribution in [0.1, 0.15) is 22.9 Å². The van der Waals surface area contributed by atoms with Gasteiger partial charge in [-0.1, -0.05) is 103 Å². The largest absolute Gasteiger partial charge is 0.456 e. The van der Waals surface area contributed by atoms with E-state index in [4.69, 9.17) is 24.1 Å². The minimum absolute atomic E-state index is 0.531. The van der Waals surface area contributed by atoms with Crippen molar-refractivity contribution in [1.82, 2.24) is 4.98 Å². The zero-order chi connectivity index (χ0) is 31.6. The Morgan fingerprint density at radius 3 is 2.19 bits per heavy atom. The molecule has 3 aromatic heterocycles. The van der Waals surface area contributed by atoms with E-state index >= 15 is 0 Å². The van der Waals surface area contributed by atoms with Gasteiger partial charge in [-0.3, -0.25) is 9.98 Å². The van der Waals surface area contributed by atoms with Gasteiger partial charge in [-0.2, -0.15) is 0 Å². The molecule has 0 N–H and O–H groups in total. The van der Waals surface area contributed by atoms with E-state index in [0.29, 0.717) is 11.7 Å². The second-order valence-electron chi connectivity index (χ2n) is 12.0. The molecule has 0 fully saturated rings. The van der Waals surface area contributed by atoms with Crippen LogP contribution < -0.4 is 0 Å². The van der Waals surface area contributed by atoms with E-state index in [1.54, 1.807) is 0 Å². The summed E-state index contributed by atoms with van der Waals surface area (Å²) in [5.41, 5.74) is 8.20. The number of aromatic nitrogens is 1. The minimum Gasteiger partial charge on any atom is -0.456 e. The smallest absolute Gasteiger partial charge is 0.136 e. The number of hydrogen-bond acceptors (Lipinski definition) is 5. The Labute approximate surface area is 274 Å². The Morgan fingerprint density at radius 1 is 0.542 bits per heavy atom. The van der Waals surface area contributed by atoms with Gasteiger partial charge in [0, 0.05) is 44.9 Å². The molecule has 1 unspecified atom stereocenters. The molecule has 0 saturated carbocycles. The first-order valence-electron chi connectivity index (χ1n) is 15.9. The van der Waals surface area contributed by atoms with Crippen molar-refractivity contribution in [1.29, 1.82) is 0 Å². The molecule has 1 aliphatic heterocycles. The van der Waals surface area contributed by atoms with Crippen LogP contribution in [0.3, 0.4) is 0 Å². The molecule has 1 atom stereocenters. The Balaban J connectivity index is 1.20. The second-order valence-corrected chi connectivity index (χ2v) is 12.0. The maximum Gasteiger partial charge on any atom is 0.136 e. The van der Waals surface area contributed by atoms with Crippen molar-refractivity contribution < 1.29 is 8.83 Å². The van der Waals surface area contributed by atoms with Gasteiger partial charge in [0.2, 0.25) is 0 Å². The van der Waals surface area contributed by atoms with E-state index < -0.39 is 6.17 Å². The van der Waals surface area contributed by atoms with Crippen molar-refractivity contribution in [3.63, 3.8) is 0 Å². The van der Waals surface area contributed by atoms with Crippen LogP contribution in [0.4, 0.5) is 0 Å². The number of aliphatic imine (C=N–C) groups is 2. The lowest BCUT2D eigenvalue weighted by Gasteiger charge is -2.33. The van der Waals surface area contributed by atoms with Crippen LogP contribution in [0.25, 0.3) is 71.1 Å². The van der Waals surface area contributed by atoms with Gasteiger partial charge in [0.25, 0.3) is 0 Å². The predicted molar refractivity (Wildman–Crippen MR) is 194 cm³/mol. The van der Waals surface area contributed by atoms with E-state index in [2.05, 4.69) is 53.5 Å². The number of para-hydroxylation sites is 1. The summed E-state index contributed by atoms with van der Waals surface area (Å²) in [6, 6.07) is 45.2. The predicted octanol–water partition coefficient (Wildman–Crippen LogP) is 11.0. The summed E-state index contributed by atoms with van der Waals surface area (Å²) < 4.78 is 12.7. The van der Waals surface area contributed by atoms with Gasteiger partial charge in [0.15, 0.2) is 0 Å². The van der Waals surface area contributed by atoms with Crippen molar-refractivity contribution in [3.8, 4) is 11.1 Å². The summed E-state index contributed by atoms with van der Waals surface area (Å²) in [6.07, 6.45) is 3.16. The number of furan rings is 2. The van der Waals surface area contributed by atoms with Gasteiger partial charge in [0.1, 0.15) is 22.3 Å². The maximum atomic E-state index is 6.42. The van der Waals surface area contributed by atoms with Crippen molar-refractivity contribution in [2.24, 2.45) is 9.98 Å². The molecule has 226 valence electrons. The molecule has 4 heterocycles. The maximum absolute atomic E-state index is 6.42. The highest BCUT2D eigenvalue weighted by Gasteiger charge is 2.21. The monoisotopic (exact) mass is 617 g/mol. The highest BCUT2D eigenvalue weighted by Crippen LogP contribution is 2.42. The van der Waals surface area contributed by atoms with Crippen LogP contribution in [-0.2, 0) is 0 Å². The summed E-state index contributed by atoms with van der Waals surface area (Å²) in [4.78, 5) is 14.7. The third-order valence-electron chi connectivity index (χ3n) is 9.16. The third kappa shape index (κ3) is 4.16. The van der Waals surface area contributed by atoms with Crippen molar-refractivity contribution in [2.75, 3.05) is 0 Å². The summed E-state index contributed by atoms with van der Waals surface area (Å²) in [6.45, 7) is 0. The molecule has 0 saturated heterocycles. The van der Waals surface area contributed by atoms with Crippen LogP contribution in [0, 0.1) is 0 Å². The number of amidine groups is 2. The number of pyridine rings is 1. The molecule has 9 aromatic rings. The SMILES string of the molecule is c1ccc(C2=NC(c3ccccc3-c3cccc4oc5cc6cnccc6cc5c34)=NC(c3cccc4oc5ccccc5c34)[N-]2)cc1. The first-order valence-corrected chi connectivity index (χ1v) is 15.9. The molecule has 0 bridgehead atoms. The topological polar surface area (TPSA) is 78.0 Å². The minimum atomic E-state index is -0.531. The lowest BCUT2D eigenvalue weighted by molar-refractivity contribution is 0.668. The second kappa shape index (κ2) is 10.5. The molecule has 6 nitrogen and oxygen atoms in total. The summed E-state index contributed by atoms with van der Waals surface area (Å²) in [5, 5.41) is 11.5. The van der Waals surface area contributed by atoms with E-state index in [1.807, 2.05) is 97.3 Å². The van der Waals surface area contributed by atoms with Gasteiger partial charge in [-0.25, -0.2) is 0 Å². The van der Waals surface area contributed by atoms with E-state index in [-0.39, 0.29) is 0 Å². The Hall–Kier alpha value is -6.53. The fourth-order valence-electron chi connectivity index (χ4n) is 6.98. The summed E-state index contributed by atoms with van der Waals surface area (Å²) in [7, 11) is 0. The zero-order valence-corrected chi connectivity index (χ0v) is 25.5. The number of fused-ring (bicyclic) bond motifs is 7. The van der Waals surface area contributed by atoms with Crippen molar-refractivity contribution in [3.05, 3.63) is 168 Å². The van der Waals surface area contributed by atoms with Crippen LogP contribution in [0.5, 0.6) is 0 Å². The number of hydrogen-bond donors (Lipinski definition) is 0. The molecule has 6 aromatic carbocycles. The average molecular weight is 618 g/mol. The van der Waals surface area contributed by atoms with Gasteiger partial charge in [-0.05, 0) is 64.0 Å². The van der Waals surface area contributed by atoms with E-state index in [0.717, 1.165) is 82.5 Å². The number of benzene rings is 6. The number of nitrogens with zero attached hydrogens (tertiary/aromatic N) is 4. The zero-order valence-electron chi connectivity index (χ0n) is 25.5. The molecule has 48 heavy (non-hydrogen) atoms. The average Bonchev–Trinajstić information content (AvgIpc) is 3.72. The first-order chi connectivity index (χ1) is 23.8. The molecule has 1 aliphatic rings. The fraction of sp³-hybridized carbons (Fsp3) is 0.0238. The van der Waals surface area contributed by atoms with Crippen LogP contribution in [0.15, 0.2) is 165 Å². The van der Waals surface area contributed by atoms with E-state index in [9.17, 15) is 0 Å². The van der Waals surface area contributed by atoms with Crippen molar-refractivity contribution in [2.45, 2.75) is 6.17 Å². The third-order valence-corrected chi connectivity index (χ3v) is 9.16. The molecular weight excluding hydrogens is 592 g/mol. The highest BCUT2D eigenvalue weighted by atomic mass is 16.3. The van der Waals surface area contributed by atoms with Crippen LogP contribution >= 0.6 is 0 Å². The Bertz CT molecular complexity index is 2770. The first kappa shape index (κ1) is 26.7. The lowest BCUT2D eigenvalue weighted by atomic mass is 9.94. The molecule has 10 rings (SSSR count). The Morgan fingerprint density at radius 2 is 1.27 bits per heavy atom. The van der Waals surface area contributed by atoms with Gasteiger partial charge >= 0.3 is 0 Å². The van der Waals surface area contributed by atoms with Gasteiger partial charge in [0.05, 0.1) is 12.0 Å². The molecule has 0 radical (unpaired) electrons. The quantitative estimate of drug-likeness (QED) is 0.197. The van der Waals surface area contributed by atoms with Gasteiger partial charge in [-0.15, -0.1) is 0 Å². The molecular formula is C42H25N4O2-. The van der Waals surface area contributed by atoms with Crippen LogP contribution in [-0.4, -0.2) is 16.7 Å². The highest BCUT2D eigenvalue weighted by molar-refractivity contribution is 6.22. The molecule has 6 heteroatoms. The molecule has 0 amide bonds. The molecule has 0 spiro atoms. The Kier molecular flexibility index (Phi) is 5.84. The van der Waals surface area contributed by atoms with E-state index in [1.165, 1.54) is 0 Å². The van der Waals surface area contributed by atoms with Crippen LogP contribution in [0.2, 0.25) is 0 Å². The summed E-state index contributed by atoms with van der Waals surface area (Å²) in [5.74, 6) is 1.26. The normalized spacial score (nSPS) is 14.9. The summed E-state index contributed by atoms with van der Waals surface area (Å²) >= 11 is 0. The van der Waals surface area contributed by atoms with Gasteiger partial charge < -0.3 is 19.1 Å². The number of rotatable bonds is 4. The molecule has 0 aliphatic carbocycles. The fourth-order valence-corrected chi connectivity index (χ4v) is 6.98. The van der Waals surface area contributed by atoms with Crippen molar-refractivity contribution >= 4 is 66.3 Å².